The molecule has 1 heterocycles. The third-order valence-corrected chi connectivity index (χ3v) is 5.80. The van der Waals surface area contributed by atoms with Crippen LogP contribution in [0.2, 0.25) is 5.02 Å². The van der Waals surface area contributed by atoms with E-state index in [1.54, 1.807) is 44.2 Å². The predicted octanol–water partition coefficient (Wildman–Crippen LogP) is 5.54. The number of benzene rings is 3. The average molecular weight is 468 g/mol. The Morgan fingerprint density at radius 2 is 1.76 bits per heavy atom. The van der Waals surface area contributed by atoms with Crippen molar-refractivity contribution in [3.05, 3.63) is 105 Å². The maximum atomic E-state index is 14.3. The number of aromatic nitrogens is 2. The number of carbonyl (C=O) groups excluding carboxylic acids is 1. The van der Waals surface area contributed by atoms with Gasteiger partial charge in [0.1, 0.15) is 17.5 Å². The second-order valence-corrected chi connectivity index (χ2v) is 7.88. The number of carbonyl (C=O) groups is 1. The molecule has 4 rings (SSSR count). The van der Waals surface area contributed by atoms with E-state index in [9.17, 15) is 18.4 Å². The Labute approximate surface area is 193 Å². The first-order valence-electron chi connectivity index (χ1n) is 10.4. The quantitative estimate of drug-likeness (QED) is 0.387. The Kier molecular flexibility index (Phi) is 6.24. The van der Waals surface area contributed by atoms with Crippen molar-refractivity contribution in [2.75, 3.05) is 6.54 Å². The van der Waals surface area contributed by atoms with Gasteiger partial charge in [0.2, 0.25) is 0 Å². The highest BCUT2D eigenvalue weighted by Crippen LogP contribution is 2.26. The smallest absolute Gasteiger partial charge is 0.266 e. The van der Waals surface area contributed by atoms with Crippen LogP contribution in [-0.4, -0.2) is 26.9 Å². The number of hydrogen-bond acceptors (Lipinski definition) is 3. The van der Waals surface area contributed by atoms with Crippen molar-refractivity contribution < 1.29 is 13.6 Å². The Balaban J connectivity index is 1.93. The molecule has 0 aliphatic rings. The maximum Gasteiger partial charge on any atom is 0.266 e. The molecule has 0 saturated carbocycles. The minimum atomic E-state index is -0.719. The monoisotopic (exact) mass is 467 g/mol. The van der Waals surface area contributed by atoms with Crippen molar-refractivity contribution in [2.24, 2.45) is 0 Å². The van der Waals surface area contributed by atoms with E-state index in [0.29, 0.717) is 16.6 Å². The van der Waals surface area contributed by atoms with E-state index in [-0.39, 0.29) is 28.5 Å². The molecule has 0 aliphatic heterocycles. The van der Waals surface area contributed by atoms with Gasteiger partial charge < -0.3 is 4.90 Å². The van der Waals surface area contributed by atoms with Gasteiger partial charge in [0.05, 0.1) is 33.2 Å². The number of hydrogen-bond donors (Lipinski definition) is 0. The van der Waals surface area contributed by atoms with Crippen molar-refractivity contribution in [1.29, 1.82) is 0 Å². The highest BCUT2D eigenvalue weighted by molar-refractivity contribution is 6.30. The van der Waals surface area contributed by atoms with E-state index in [2.05, 4.69) is 4.98 Å². The summed E-state index contributed by atoms with van der Waals surface area (Å²) >= 11 is 5.99. The molecular formula is C25H20ClF2N3O2. The fraction of sp³-hybridized carbons (Fsp3) is 0.160. The van der Waals surface area contributed by atoms with Crippen LogP contribution in [0.5, 0.6) is 0 Å². The van der Waals surface area contributed by atoms with Gasteiger partial charge in [-0.05, 0) is 56.3 Å². The molecule has 33 heavy (non-hydrogen) atoms. The average Bonchev–Trinajstić information content (AvgIpc) is 2.81. The topological polar surface area (TPSA) is 55.2 Å². The largest absolute Gasteiger partial charge is 0.329 e. The fourth-order valence-corrected chi connectivity index (χ4v) is 4.00. The molecule has 168 valence electrons. The molecule has 1 amide bonds. The van der Waals surface area contributed by atoms with Gasteiger partial charge in [0.15, 0.2) is 0 Å². The Morgan fingerprint density at radius 3 is 2.45 bits per heavy atom. The maximum absolute atomic E-state index is 14.3. The molecule has 1 atom stereocenters. The Morgan fingerprint density at radius 1 is 1.06 bits per heavy atom. The molecular weight excluding hydrogens is 448 g/mol. The summed E-state index contributed by atoms with van der Waals surface area (Å²) in [4.78, 5) is 32.8. The molecule has 1 aromatic heterocycles. The lowest BCUT2D eigenvalue weighted by molar-refractivity contribution is 0.0688. The van der Waals surface area contributed by atoms with Gasteiger partial charge in [-0.2, -0.15) is 0 Å². The van der Waals surface area contributed by atoms with Crippen molar-refractivity contribution in [2.45, 2.75) is 19.9 Å². The van der Waals surface area contributed by atoms with Crippen molar-refractivity contribution in [1.82, 2.24) is 14.5 Å². The molecule has 1 unspecified atom stereocenters. The van der Waals surface area contributed by atoms with Gasteiger partial charge in [-0.15, -0.1) is 0 Å². The summed E-state index contributed by atoms with van der Waals surface area (Å²) in [6.07, 6.45) is 0. The number of halogens is 3. The molecule has 8 heteroatoms. The van der Waals surface area contributed by atoms with Crippen molar-refractivity contribution in [3.63, 3.8) is 0 Å². The molecule has 0 bridgehead atoms. The van der Waals surface area contributed by atoms with Gasteiger partial charge in [-0.3, -0.25) is 14.2 Å². The van der Waals surface area contributed by atoms with Crippen molar-refractivity contribution >= 4 is 28.4 Å². The number of nitrogens with zero attached hydrogens (tertiary/aromatic N) is 3. The lowest BCUT2D eigenvalue weighted by atomic mass is 10.1. The normalized spacial score (nSPS) is 12.0. The minimum Gasteiger partial charge on any atom is -0.329 e. The van der Waals surface area contributed by atoms with Gasteiger partial charge in [0.25, 0.3) is 11.5 Å². The molecule has 0 spiro atoms. The number of rotatable bonds is 5. The van der Waals surface area contributed by atoms with Crippen LogP contribution >= 0.6 is 11.6 Å². The van der Waals surface area contributed by atoms with Crippen LogP contribution in [0.1, 0.15) is 36.1 Å². The third kappa shape index (κ3) is 4.12. The van der Waals surface area contributed by atoms with E-state index in [4.69, 9.17) is 11.6 Å². The highest BCUT2D eigenvalue weighted by atomic mass is 35.5. The first-order valence-corrected chi connectivity index (χ1v) is 10.7. The first-order chi connectivity index (χ1) is 15.8. The summed E-state index contributed by atoms with van der Waals surface area (Å²) in [5, 5.41) is 0.207. The summed E-state index contributed by atoms with van der Waals surface area (Å²) < 4.78 is 29.5. The lowest BCUT2D eigenvalue weighted by Gasteiger charge is -2.29. The van der Waals surface area contributed by atoms with E-state index in [1.807, 2.05) is 0 Å². The molecule has 0 N–H and O–H groups in total. The second kappa shape index (κ2) is 9.11. The zero-order valence-corrected chi connectivity index (χ0v) is 18.7. The van der Waals surface area contributed by atoms with Crippen LogP contribution in [0.4, 0.5) is 8.78 Å². The molecule has 4 aromatic rings. The second-order valence-electron chi connectivity index (χ2n) is 7.47. The molecule has 0 saturated heterocycles. The summed E-state index contributed by atoms with van der Waals surface area (Å²) in [5.41, 5.74) is 0.286. The number of para-hydroxylation sites is 1. The van der Waals surface area contributed by atoms with E-state index in [1.165, 1.54) is 39.8 Å². The summed E-state index contributed by atoms with van der Waals surface area (Å²) in [6, 6.07) is 15.7. The Bertz CT molecular complexity index is 1420. The molecule has 0 aliphatic carbocycles. The predicted molar refractivity (Wildman–Crippen MR) is 124 cm³/mol. The lowest BCUT2D eigenvalue weighted by Crippen LogP contribution is -2.37. The zero-order valence-electron chi connectivity index (χ0n) is 17.9. The zero-order chi connectivity index (χ0) is 23.7. The molecule has 0 radical (unpaired) electrons. The Hall–Kier alpha value is -3.58. The van der Waals surface area contributed by atoms with Crippen LogP contribution in [0.3, 0.4) is 0 Å². The SMILES string of the molecule is CCN(C(=O)c1ccccc1F)C(C)c1nc2ccccc2c(=O)n1-c1ccc(F)c(Cl)c1. The van der Waals surface area contributed by atoms with Crippen LogP contribution in [0.25, 0.3) is 16.6 Å². The summed E-state index contributed by atoms with van der Waals surface area (Å²) in [6.45, 7) is 3.70. The standard InChI is InChI=1S/C25H20ClF2N3O2/c1-3-30(24(32)17-8-4-6-10-20(17)27)15(2)23-29-22-11-7-5-9-18(22)25(33)31(23)16-12-13-21(28)19(26)14-16/h4-15H,3H2,1-2H3. The van der Waals surface area contributed by atoms with Gasteiger partial charge >= 0.3 is 0 Å². The third-order valence-electron chi connectivity index (χ3n) is 5.51. The van der Waals surface area contributed by atoms with Crippen LogP contribution in [-0.2, 0) is 0 Å². The van der Waals surface area contributed by atoms with E-state index < -0.39 is 23.6 Å². The van der Waals surface area contributed by atoms with Gasteiger partial charge in [-0.25, -0.2) is 13.8 Å². The number of amides is 1. The summed E-state index contributed by atoms with van der Waals surface area (Å²) in [5.74, 6) is -1.55. The molecule has 3 aromatic carbocycles. The van der Waals surface area contributed by atoms with E-state index in [0.717, 1.165) is 6.07 Å². The van der Waals surface area contributed by atoms with Crippen LogP contribution in [0, 0.1) is 11.6 Å². The first kappa shape index (κ1) is 22.6. The highest BCUT2D eigenvalue weighted by Gasteiger charge is 2.28. The van der Waals surface area contributed by atoms with Gasteiger partial charge in [0, 0.05) is 6.54 Å². The molecule has 0 fully saturated rings. The minimum absolute atomic E-state index is 0.0780. The van der Waals surface area contributed by atoms with E-state index >= 15 is 0 Å². The van der Waals surface area contributed by atoms with Crippen LogP contribution in [0.15, 0.2) is 71.5 Å². The summed E-state index contributed by atoms with van der Waals surface area (Å²) in [7, 11) is 0. The molecule has 5 nitrogen and oxygen atoms in total. The van der Waals surface area contributed by atoms with Crippen molar-refractivity contribution in [3.8, 4) is 5.69 Å². The van der Waals surface area contributed by atoms with Gasteiger partial charge in [-0.1, -0.05) is 35.9 Å². The number of fused-ring (bicyclic) bond motifs is 1. The fourth-order valence-electron chi connectivity index (χ4n) is 3.83. The van der Waals surface area contributed by atoms with Crippen LogP contribution < -0.4 is 5.56 Å².